The molecule has 128 valence electrons. The van der Waals surface area contributed by atoms with Crippen molar-refractivity contribution in [1.82, 2.24) is 9.97 Å². The summed E-state index contributed by atoms with van der Waals surface area (Å²) in [6, 6.07) is 12.4. The van der Waals surface area contributed by atoms with Crippen molar-refractivity contribution in [2.75, 3.05) is 5.32 Å². The average Bonchev–Trinajstić information content (AvgIpc) is 2.58. The van der Waals surface area contributed by atoms with Gasteiger partial charge in [0.05, 0.1) is 16.2 Å². The first-order valence-electron chi connectivity index (χ1n) is 7.67. The highest BCUT2D eigenvalue weighted by Crippen LogP contribution is 2.24. The number of halogens is 1. The number of carbonyl (C=O) groups is 1. The molecule has 3 rings (SSSR count). The Morgan fingerprint density at radius 3 is 2.84 bits per heavy atom. The topological polar surface area (TPSA) is 74.8 Å². The number of anilines is 1. The first-order chi connectivity index (χ1) is 11.9. The Bertz CT molecular complexity index is 1000. The van der Waals surface area contributed by atoms with Crippen LogP contribution in [0, 0.1) is 6.92 Å². The standard InChI is InChI=1S/C18H16ClN3O2S/c1-10-7-8-12(19)9-15(10)20-16(23)11(2)25-18-21-14-6-4-3-5-13(14)17(24)22-18/h3-9,11H,1-2H3,(H,20,23)(H,21,22,24). The van der Waals surface area contributed by atoms with Gasteiger partial charge in [0.1, 0.15) is 0 Å². The van der Waals surface area contributed by atoms with Crippen LogP contribution in [0.2, 0.25) is 5.02 Å². The highest BCUT2D eigenvalue weighted by atomic mass is 35.5. The van der Waals surface area contributed by atoms with E-state index in [1.165, 1.54) is 11.8 Å². The van der Waals surface area contributed by atoms with Gasteiger partial charge < -0.3 is 10.3 Å². The molecule has 2 aromatic carbocycles. The van der Waals surface area contributed by atoms with Crippen molar-refractivity contribution in [3.63, 3.8) is 0 Å². The van der Waals surface area contributed by atoms with E-state index in [9.17, 15) is 9.59 Å². The van der Waals surface area contributed by atoms with Gasteiger partial charge >= 0.3 is 0 Å². The Hall–Kier alpha value is -2.31. The number of thioether (sulfide) groups is 1. The summed E-state index contributed by atoms with van der Waals surface area (Å²) in [7, 11) is 0. The number of benzene rings is 2. The maximum absolute atomic E-state index is 12.4. The molecule has 5 nitrogen and oxygen atoms in total. The first kappa shape index (κ1) is 17.5. The minimum Gasteiger partial charge on any atom is -0.325 e. The molecule has 0 aliphatic carbocycles. The van der Waals surface area contributed by atoms with E-state index in [2.05, 4.69) is 15.3 Å². The van der Waals surface area contributed by atoms with Gasteiger partial charge in [-0.1, -0.05) is 41.6 Å². The van der Waals surface area contributed by atoms with Gasteiger partial charge in [0.15, 0.2) is 5.16 Å². The summed E-state index contributed by atoms with van der Waals surface area (Å²) in [5.41, 5.74) is 1.98. The van der Waals surface area contributed by atoms with Crippen LogP contribution in [0.4, 0.5) is 5.69 Å². The van der Waals surface area contributed by atoms with Crippen molar-refractivity contribution in [3.8, 4) is 0 Å². The van der Waals surface area contributed by atoms with E-state index in [4.69, 9.17) is 11.6 Å². The minimum absolute atomic E-state index is 0.189. The van der Waals surface area contributed by atoms with E-state index in [-0.39, 0.29) is 11.5 Å². The fourth-order valence-corrected chi connectivity index (χ4v) is 3.28. The molecule has 2 N–H and O–H groups in total. The van der Waals surface area contributed by atoms with Crippen LogP contribution in [-0.2, 0) is 4.79 Å². The quantitative estimate of drug-likeness (QED) is 0.535. The molecule has 0 spiro atoms. The molecule has 1 aromatic heterocycles. The molecule has 0 aliphatic heterocycles. The summed E-state index contributed by atoms with van der Waals surface area (Å²) in [5.74, 6) is -0.189. The minimum atomic E-state index is -0.442. The van der Waals surface area contributed by atoms with Gasteiger partial charge in [0.25, 0.3) is 5.56 Å². The number of carbonyl (C=O) groups excluding carboxylic acids is 1. The van der Waals surface area contributed by atoms with E-state index in [1.54, 1.807) is 37.3 Å². The molecular formula is C18H16ClN3O2S. The van der Waals surface area contributed by atoms with E-state index >= 15 is 0 Å². The SMILES string of the molecule is Cc1ccc(Cl)cc1NC(=O)C(C)Sc1nc2ccccc2c(=O)[nH]1. The molecule has 0 bridgehead atoms. The van der Waals surface area contributed by atoms with E-state index in [0.29, 0.717) is 26.8 Å². The van der Waals surface area contributed by atoms with Crippen LogP contribution < -0.4 is 10.9 Å². The van der Waals surface area contributed by atoms with Crippen molar-refractivity contribution in [2.24, 2.45) is 0 Å². The van der Waals surface area contributed by atoms with Crippen LogP contribution in [0.1, 0.15) is 12.5 Å². The number of amides is 1. The number of fused-ring (bicyclic) bond motifs is 1. The summed E-state index contributed by atoms with van der Waals surface area (Å²) in [4.78, 5) is 31.7. The number of H-pyrrole nitrogens is 1. The van der Waals surface area contributed by atoms with E-state index in [1.807, 2.05) is 19.1 Å². The van der Waals surface area contributed by atoms with Gasteiger partial charge in [-0.2, -0.15) is 0 Å². The first-order valence-corrected chi connectivity index (χ1v) is 8.92. The zero-order valence-corrected chi connectivity index (χ0v) is 15.2. The maximum atomic E-state index is 12.4. The Kier molecular flexibility index (Phi) is 5.11. The fourth-order valence-electron chi connectivity index (χ4n) is 2.30. The average molecular weight is 374 g/mol. The van der Waals surface area contributed by atoms with Crippen molar-refractivity contribution >= 4 is 45.9 Å². The number of aromatic amines is 1. The molecule has 1 amide bonds. The lowest BCUT2D eigenvalue weighted by atomic mass is 10.2. The van der Waals surface area contributed by atoms with Gasteiger partial charge in [0, 0.05) is 10.7 Å². The third-order valence-corrected chi connectivity index (χ3v) is 4.93. The Morgan fingerprint density at radius 2 is 2.04 bits per heavy atom. The van der Waals surface area contributed by atoms with Crippen molar-refractivity contribution in [1.29, 1.82) is 0 Å². The van der Waals surface area contributed by atoms with Crippen molar-refractivity contribution in [2.45, 2.75) is 24.3 Å². The fraction of sp³-hybridized carbons (Fsp3) is 0.167. The molecule has 1 heterocycles. The van der Waals surface area contributed by atoms with Crippen molar-refractivity contribution in [3.05, 3.63) is 63.4 Å². The molecule has 7 heteroatoms. The third-order valence-electron chi connectivity index (χ3n) is 3.71. The van der Waals surface area contributed by atoms with Gasteiger partial charge in [0.2, 0.25) is 5.91 Å². The molecule has 0 aliphatic rings. The van der Waals surface area contributed by atoms with E-state index in [0.717, 1.165) is 5.56 Å². The summed E-state index contributed by atoms with van der Waals surface area (Å²) >= 11 is 7.17. The molecule has 0 saturated carbocycles. The highest BCUT2D eigenvalue weighted by Gasteiger charge is 2.17. The maximum Gasteiger partial charge on any atom is 0.259 e. The van der Waals surface area contributed by atoms with Crippen molar-refractivity contribution < 1.29 is 4.79 Å². The Balaban J connectivity index is 1.77. The van der Waals surface area contributed by atoms with Crippen LogP contribution in [0.25, 0.3) is 10.9 Å². The summed E-state index contributed by atoms with van der Waals surface area (Å²) in [6.07, 6.45) is 0. The lowest BCUT2D eigenvalue weighted by molar-refractivity contribution is -0.115. The van der Waals surface area contributed by atoms with Gasteiger partial charge in [-0.25, -0.2) is 4.98 Å². The largest absolute Gasteiger partial charge is 0.325 e. The number of hydrogen-bond acceptors (Lipinski definition) is 4. The van der Waals surface area contributed by atoms with Crippen LogP contribution >= 0.6 is 23.4 Å². The number of aromatic nitrogens is 2. The molecule has 25 heavy (non-hydrogen) atoms. The van der Waals surface area contributed by atoms with Crippen LogP contribution in [0.5, 0.6) is 0 Å². The lowest BCUT2D eigenvalue weighted by Gasteiger charge is -2.13. The Labute approximate surface area is 153 Å². The Morgan fingerprint density at radius 1 is 1.28 bits per heavy atom. The second-order valence-electron chi connectivity index (χ2n) is 5.60. The zero-order valence-electron chi connectivity index (χ0n) is 13.7. The normalized spacial score (nSPS) is 12.1. The summed E-state index contributed by atoms with van der Waals surface area (Å²) < 4.78 is 0. The number of aryl methyl sites for hydroxylation is 1. The van der Waals surface area contributed by atoms with Gasteiger partial charge in [-0.15, -0.1) is 0 Å². The van der Waals surface area contributed by atoms with E-state index < -0.39 is 5.25 Å². The second kappa shape index (κ2) is 7.29. The summed E-state index contributed by atoms with van der Waals surface area (Å²) in [5, 5.41) is 3.91. The number of nitrogens with zero attached hydrogens (tertiary/aromatic N) is 1. The predicted octanol–water partition coefficient (Wildman–Crippen LogP) is 4.00. The highest BCUT2D eigenvalue weighted by molar-refractivity contribution is 8.00. The second-order valence-corrected chi connectivity index (χ2v) is 7.36. The number of nitrogens with one attached hydrogen (secondary N) is 2. The third kappa shape index (κ3) is 4.03. The molecule has 1 unspecified atom stereocenters. The van der Waals surface area contributed by atoms with Crippen LogP contribution in [-0.4, -0.2) is 21.1 Å². The molecule has 1 atom stereocenters. The van der Waals surface area contributed by atoms with Crippen LogP contribution in [0.15, 0.2) is 52.4 Å². The lowest BCUT2D eigenvalue weighted by Crippen LogP contribution is -2.23. The molecular weight excluding hydrogens is 358 g/mol. The smallest absolute Gasteiger partial charge is 0.259 e. The predicted molar refractivity (Wildman–Crippen MR) is 103 cm³/mol. The molecule has 0 saturated heterocycles. The number of hydrogen-bond donors (Lipinski definition) is 2. The number of rotatable bonds is 4. The molecule has 0 radical (unpaired) electrons. The molecule has 0 fully saturated rings. The monoisotopic (exact) mass is 373 g/mol. The van der Waals surface area contributed by atoms with Gasteiger partial charge in [-0.3, -0.25) is 9.59 Å². The van der Waals surface area contributed by atoms with Gasteiger partial charge in [-0.05, 0) is 43.7 Å². The zero-order chi connectivity index (χ0) is 18.0. The van der Waals surface area contributed by atoms with Crippen LogP contribution in [0.3, 0.4) is 0 Å². The molecule has 3 aromatic rings. The summed E-state index contributed by atoms with van der Waals surface area (Å²) in [6.45, 7) is 3.65. The number of para-hydroxylation sites is 1.